The predicted molar refractivity (Wildman–Crippen MR) is 157 cm³/mol. The molecule has 0 radical (unpaired) electrons. The molecule has 36 heavy (non-hydrogen) atoms. The van der Waals surface area contributed by atoms with Crippen LogP contribution in [0.5, 0.6) is 5.75 Å². The average molecular weight is 559 g/mol. The Bertz CT molecular complexity index is 890. The molecule has 0 heterocycles. The molecule has 0 bridgehead atoms. The number of nitrogens with one attached hydrogen (secondary N) is 2. The number of phenols is 1. The Kier molecular flexibility index (Phi) is 17.6. The van der Waals surface area contributed by atoms with Crippen molar-refractivity contribution in [2.45, 2.75) is 71.0 Å². The van der Waals surface area contributed by atoms with E-state index in [1.165, 1.54) is 0 Å². The number of nitrogens with two attached hydrogens (primary N) is 1. The van der Waals surface area contributed by atoms with Gasteiger partial charge in [0, 0.05) is 23.7 Å². The highest BCUT2D eigenvalue weighted by atomic mass is 35.5. The number of benzene rings is 2. The lowest BCUT2D eigenvalue weighted by atomic mass is 9.99. The van der Waals surface area contributed by atoms with Gasteiger partial charge < -0.3 is 16.2 Å². The van der Waals surface area contributed by atoms with Crippen molar-refractivity contribution >= 4 is 48.4 Å². The van der Waals surface area contributed by atoms with Gasteiger partial charge in [-0.15, -0.1) is 24.8 Å². The number of hydrogen-bond acceptors (Lipinski definition) is 4. The zero-order valence-electron chi connectivity index (χ0n) is 21.5. The van der Waals surface area contributed by atoms with E-state index in [-0.39, 0.29) is 48.6 Å². The molecule has 0 fully saturated rings. The second-order valence-electron chi connectivity index (χ2n) is 9.38. The molecule has 0 aromatic heterocycles. The van der Waals surface area contributed by atoms with Crippen molar-refractivity contribution in [3.63, 3.8) is 0 Å². The summed E-state index contributed by atoms with van der Waals surface area (Å²) in [6.45, 7) is 6.94. The maximum atomic E-state index is 13.2. The Hall–Kier alpha value is -1.76. The topological polar surface area (TPSA) is 87.4 Å². The van der Waals surface area contributed by atoms with Gasteiger partial charge in [0.05, 0.1) is 6.04 Å². The van der Waals surface area contributed by atoms with Crippen LogP contribution in [-0.2, 0) is 11.2 Å². The third-order valence-electron chi connectivity index (χ3n) is 5.69. The molecule has 0 aliphatic rings. The Balaban J connectivity index is 0.00000612. The zero-order chi connectivity index (χ0) is 24.9. The van der Waals surface area contributed by atoms with Crippen LogP contribution in [0.3, 0.4) is 0 Å². The van der Waals surface area contributed by atoms with Gasteiger partial charge in [-0.05, 0) is 60.6 Å². The van der Waals surface area contributed by atoms with Gasteiger partial charge in [-0.3, -0.25) is 10.1 Å². The maximum absolute atomic E-state index is 13.2. The summed E-state index contributed by atoms with van der Waals surface area (Å²) in [7, 11) is 0. The number of unbranched alkanes of at least 4 members (excludes halogenated alkanes) is 1. The fraction of sp³-hybridized carbons (Fsp3) is 0.464. The quantitative estimate of drug-likeness (QED) is 0.224. The van der Waals surface area contributed by atoms with Gasteiger partial charge >= 0.3 is 0 Å². The number of halogens is 3. The van der Waals surface area contributed by atoms with E-state index in [4.69, 9.17) is 17.3 Å². The molecule has 5 nitrogen and oxygen atoms in total. The molecule has 0 saturated heterocycles. The third-order valence-corrected chi connectivity index (χ3v) is 5.94. The molecule has 2 aromatic rings. The highest BCUT2D eigenvalue weighted by Gasteiger charge is 2.22. The standard InChI is InChI=1S/C28H40ClN3O2.2ClH/c1-4-5-6-24(30)19-31-28(34)27(18-22-10-15-26(33)16-11-22)32-25(17-20(2)3)14-9-21-7-12-23(29)13-8-21;;/h7-16,20,24-25,27,32-33H,4-6,17-19,30H2,1-3H3,(H,31,34);2*1H/b14-9+;;/t24-,25+,27-;;/m0../s1. The van der Waals surface area contributed by atoms with Crippen molar-refractivity contribution in [1.29, 1.82) is 0 Å². The lowest BCUT2D eigenvalue weighted by molar-refractivity contribution is -0.123. The molecule has 2 rings (SSSR count). The summed E-state index contributed by atoms with van der Waals surface area (Å²) < 4.78 is 0. The number of hydrogen-bond donors (Lipinski definition) is 4. The first kappa shape index (κ1) is 34.2. The van der Waals surface area contributed by atoms with Crippen molar-refractivity contribution in [2.24, 2.45) is 11.7 Å². The van der Waals surface area contributed by atoms with Crippen molar-refractivity contribution < 1.29 is 9.90 Å². The minimum Gasteiger partial charge on any atom is -0.508 e. The van der Waals surface area contributed by atoms with E-state index in [0.717, 1.165) is 36.8 Å². The second kappa shape index (κ2) is 18.5. The van der Waals surface area contributed by atoms with Crippen LogP contribution in [0.1, 0.15) is 57.6 Å². The molecule has 5 N–H and O–H groups in total. The van der Waals surface area contributed by atoms with Gasteiger partial charge in [0.2, 0.25) is 5.91 Å². The van der Waals surface area contributed by atoms with Crippen molar-refractivity contribution in [2.75, 3.05) is 6.54 Å². The fourth-order valence-electron chi connectivity index (χ4n) is 3.79. The van der Waals surface area contributed by atoms with Crippen LogP contribution in [0.25, 0.3) is 6.08 Å². The molecule has 0 spiro atoms. The summed E-state index contributed by atoms with van der Waals surface area (Å²) in [4.78, 5) is 13.2. The van der Waals surface area contributed by atoms with Crippen molar-refractivity contribution in [3.05, 3.63) is 70.8 Å². The zero-order valence-corrected chi connectivity index (χ0v) is 23.8. The Morgan fingerprint density at radius 1 is 1.08 bits per heavy atom. The van der Waals surface area contributed by atoms with Crippen molar-refractivity contribution in [1.82, 2.24) is 10.6 Å². The average Bonchev–Trinajstić information content (AvgIpc) is 2.81. The number of aromatic hydroxyl groups is 1. The van der Waals surface area contributed by atoms with Crippen LogP contribution in [0.15, 0.2) is 54.6 Å². The lowest BCUT2D eigenvalue weighted by Gasteiger charge is -2.25. The molecule has 0 aliphatic heterocycles. The second-order valence-corrected chi connectivity index (χ2v) is 9.82. The smallest absolute Gasteiger partial charge is 0.237 e. The van der Waals surface area contributed by atoms with Crippen molar-refractivity contribution in [3.8, 4) is 5.75 Å². The molecular formula is C28H42Cl3N3O2. The summed E-state index contributed by atoms with van der Waals surface area (Å²) in [5, 5.41) is 17.0. The molecular weight excluding hydrogens is 517 g/mol. The Morgan fingerprint density at radius 2 is 1.72 bits per heavy atom. The van der Waals surface area contributed by atoms with Gasteiger partial charge in [-0.1, -0.05) is 81.6 Å². The SMILES string of the molecule is CCCC[C@H](N)CNC(=O)[C@H](Cc1ccc(O)cc1)N[C@H](/C=C/c1ccc(Cl)cc1)CC(C)C.Cl.Cl. The molecule has 1 amide bonds. The predicted octanol–water partition coefficient (Wildman–Crippen LogP) is 6.15. The van der Waals surface area contributed by atoms with Gasteiger partial charge in [-0.25, -0.2) is 0 Å². The van der Waals surface area contributed by atoms with Crippen LogP contribution in [-0.4, -0.2) is 35.7 Å². The summed E-state index contributed by atoms with van der Waals surface area (Å²) in [6, 6.07) is 14.2. The Morgan fingerprint density at radius 3 is 2.31 bits per heavy atom. The fourth-order valence-corrected chi connectivity index (χ4v) is 3.91. The van der Waals surface area contributed by atoms with E-state index in [0.29, 0.717) is 23.9 Å². The highest BCUT2D eigenvalue weighted by molar-refractivity contribution is 6.30. The summed E-state index contributed by atoms with van der Waals surface area (Å²) in [5.74, 6) is 0.601. The molecule has 2 aromatic carbocycles. The minimum absolute atomic E-state index is 0. The largest absolute Gasteiger partial charge is 0.508 e. The van der Waals surface area contributed by atoms with E-state index in [9.17, 15) is 9.90 Å². The number of phenolic OH excluding ortho intramolecular Hbond substituents is 1. The first-order valence-corrected chi connectivity index (χ1v) is 12.7. The summed E-state index contributed by atoms with van der Waals surface area (Å²) >= 11 is 6.01. The molecule has 0 aliphatic carbocycles. The number of carbonyl (C=O) groups is 1. The minimum atomic E-state index is -0.429. The van der Waals surface area contributed by atoms with Gasteiger partial charge in [-0.2, -0.15) is 0 Å². The van der Waals surface area contributed by atoms with E-state index in [1.807, 2.05) is 36.4 Å². The molecule has 8 heteroatoms. The number of carbonyl (C=O) groups excluding carboxylic acids is 1. The van der Waals surface area contributed by atoms with E-state index >= 15 is 0 Å². The van der Waals surface area contributed by atoms with Gasteiger partial charge in [0.25, 0.3) is 0 Å². The van der Waals surface area contributed by atoms with E-state index in [2.05, 4.69) is 43.6 Å². The molecule has 0 unspecified atom stereocenters. The van der Waals surface area contributed by atoms with E-state index < -0.39 is 6.04 Å². The van der Waals surface area contributed by atoms with Crippen LogP contribution < -0.4 is 16.4 Å². The van der Waals surface area contributed by atoms with Gasteiger partial charge in [0.1, 0.15) is 5.75 Å². The lowest BCUT2D eigenvalue weighted by Crippen LogP contribution is -2.51. The number of amides is 1. The van der Waals surface area contributed by atoms with Gasteiger partial charge in [0.15, 0.2) is 0 Å². The van der Waals surface area contributed by atoms with Crippen LogP contribution in [0.4, 0.5) is 0 Å². The molecule has 3 atom stereocenters. The van der Waals surface area contributed by atoms with Crippen LogP contribution in [0, 0.1) is 5.92 Å². The molecule has 202 valence electrons. The monoisotopic (exact) mass is 557 g/mol. The van der Waals surface area contributed by atoms with E-state index in [1.54, 1.807) is 12.1 Å². The first-order valence-electron chi connectivity index (χ1n) is 12.3. The summed E-state index contributed by atoms with van der Waals surface area (Å²) in [5.41, 5.74) is 8.22. The number of rotatable bonds is 14. The van der Waals surface area contributed by atoms with Crippen LogP contribution >= 0.6 is 36.4 Å². The first-order chi connectivity index (χ1) is 16.3. The molecule has 0 saturated carbocycles. The van der Waals surface area contributed by atoms with Crippen LogP contribution in [0.2, 0.25) is 5.02 Å². The highest BCUT2D eigenvalue weighted by Crippen LogP contribution is 2.15. The summed E-state index contributed by atoms with van der Waals surface area (Å²) in [6.07, 6.45) is 8.62. The third kappa shape index (κ3) is 13.5. The maximum Gasteiger partial charge on any atom is 0.237 e. The normalized spacial score (nSPS) is 13.5. The Labute approximate surface area is 234 Å².